The molecule has 0 atom stereocenters. The third-order valence-electron chi connectivity index (χ3n) is 3.89. The molecule has 0 aromatic carbocycles. The van der Waals surface area contributed by atoms with E-state index >= 15 is 0 Å². The number of halogens is 3. The summed E-state index contributed by atoms with van der Waals surface area (Å²) in [4.78, 5) is 3.85. The highest BCUT2D eigenvalue weighted by Gasteiger charge is 2.36. The predicted octanol–water partition coefficient (Wildman–Crippen LogP) is 4.58. The maximum atomic E-state index is 12.9. The van der Waals surface area contributed by atoms with Gasteiger partial charge in [0.25, 0.3) is 0 Å². The number of alkyl halides is 3. The van der Waals surface area contributed by atoms with Gasteiger partial charge >= 0.3 is 6.18 Å². The fourth-order valence-corrected chi connectivity index (χ4v) is 3.58. The molecule has 0 radical (unpaired) electrons. The van der Waals surface area contributed by atoms with Gasteiger partial charge in [0.15, 0.2) is 0 Å². The van der Waals surface area contributed by atoms with Gasteiger partial charge in [0, 0.05) is 17.5 Å². The number of hydrogen-bond donors (Lipinski definition) is 1. The first-order valence-corrected chi connectivity index (χ1v) is 8.01. The van der Waals surface area contributed by atoms with E-state index in [4.69, 9.17) is 0 Å². The Morgan fingerprint density at radius 2 is 2.00 bits per heavy atom. The van der Waals surface area contributed by atoms with E-state index in [1.807, 2.05) is 6.26 Å². The smallest absolute Gasteiger partial charge is 0.368 e. The van der Waals surface area contributed by atoms with E-state index in [9.17, 15) is 13.2 Å². The van der Waals surface area contributed by atoms with Gasteiger partial charge in [-0.25, -0.2) is 4.98 Å². The van der Waals surface area contributed by atoms with Crippen molar-refractivity contribution in [3.63, 3.8) is 0 Å². The highest BCUT2D eigenvalue weighted by molar-refractivity contribution is 8.00. The molecule has 20 heavy (non-hydrogen) atoms. The summed E-state index contributed by atoms with van der Waals surface area (Å²) in [5.74, 6) is -0.0565. The van der Waals surface area contributed by atoms with Gasteiger partial charge in [0.05, 0.1) is 5.56 Å². The molecule has 1 heterocycles. The second-order valence-corrected chi connectivity index (χ2v) is 6.47. The number of aromatic nitrogens is 1. The third-order valence-corrected chi connectivity index (χ3v) is 5.31. The second-order valence-electron chi connectivity index (χ2n) is 5.20. The molecule has 2 nitrogen and oxygen atoms in total. The number of hydrogen-bond acceptors (Lipinski definition) is 3. The van der Waals surface area contributed by atoms with Gasteiger partial charge < -0.3 is 5.32 Å². The number of rotatable bonds is 4. The number of nitrogens with one attached hydrogen (secondary N) is 1. The summed E-state index contributed by atoms with van der Waals surface area (Å²) in [6.45, 7) is 0.536. The molecule has 112 valence electrons. The predicted molar refractivity (Wildman–Crippen MR) is 77.1 cm³/mol. The van der Waals surface area contributed by atoms with Crippen molar-refractivity contribution in [2.75, 3.05) is 18.1 Å². The van der Waals surface area contributed by atoms with Crippen LogP contribution in [0, 0.1) is 0 Å². The molecule has 1 fully saturated rings. The van der Waals surface area contributed by atoms with Crippen LogP contribution in [0.1, 0.15) is 37.7 Å². The lowest BCUT2D eigenvalue weighted by molar-refractivity contribution is -0.137. The highest BCUT2D eigenvalue weighted by Crippen LogP contribution is 2.39. The van der Waals surface area contributed by atoms with Crippen molar-refractivity contribution in [1.82, 2.24) is 4.98 Å². The van der Waals surface area contributed by atoms with Gasteiger partial charge in [-0.3, -0.25) is 0 Å². The molecule has 0 bridgehead atoms. The van der Waals surface area contributed by atoms with Crippen LogP contribution in [0.3, 0.4) is 0 Å². The van der Waals surface area contributed by atoms with Gasteiger partial charge in [0.2, 0.25) is 0 Å². The maximum absolute atomic E-state index is 12.9. The van der Waals surface area contributed by atoms with Crippen LogP contribution in [0.25, 0.3) is 0 Å². The lowest BCUT2D eigenvalue weighted by Crippen LogP contribution is -2.36. The summed E-state index contributed by atoms with van der Waals surface area (Å²) in [7, 11) is 0. The first kappa shape index (κ1) is 15.5. The van der Waals surface area contributed by atoms with E-state index < -0.39 is 11.7 Å². The molecule has 0 amide bonds. The van der Waals surface area contributed by atoms with Crippen molar-refractivity contribution >= 4 is 17.6 Å². The summed E-state index contributed by atoms with van der Waals surface area (Å²) >= 11 is 1.75. The van der Waals surface area contributed by atoms with E-state index in [0.29, 0.717) is 6.54 Å². The SMILES string of the molecule is CSC1(CNc2ncccc2C(F)(F)F)CCCCC1. The van der Waals surface area contributed by atoms with Crippen molar-refractivity contribution in [2.24, 2.45) is 0 Å². The quantitative estimate of drug-likeness (QED) is 0.881. The standard InChI is InChI=1S/C14H19F3N2S/c1-20-13(7-3-2-4-8-13)10-19-12-11(14(15,16)17)6-5-9-18-12/h5-6,9H,2-4,7-8,10H2,1H3,(H,18,19). The van der Waals surface area contributed by atoms with Gasteiger partial charge in [-0.2, -0.15) is 24.9 Å². The van der Waals surface area contributed by atoms with Crippen molar-refractivity contribution in [2.45, 2.75) is 43.0 Å². The molecule has 1 aliphatic rings. The molecule has 0 aliphatic heterocycles. The van der Waals surface area contributed by atoms with Crippen LogP contribution in [-0.2, 0) is 6.18 Å². The number of anilines is 1. The Labute approximate surface area is 121 Å². The highest BCUT2D eigenvalue weighted by atomic mass is 32.2. The van der Waals surface area contributed by atoms with Crippen LogP contribution in [0.2, 0.25) is 0 Å². The van der Waals surface area contributed by atoms with Crippen LogP contribution < -0.4 is 5.32 Å². The van der Waals surface area contributed by atoms with Crippen molar-refractivity contribution in [3.8, 4) is 0 Å². The molecule has 1 N–H and O–H groups in total. The number of pyridine rings is 1. The van der Waals surface area contributed by atoms with Crippen LogP contribution >= 0.6 is 11.8 Å². The summed E-state index contributed by atoms with van der Waals surface area (Å²) in [6.07, 6.45) is 4.69. The largest absolute Gasteiger partial charge is 0.419 e. The fraction of sp³-hybridized carbons (Fsp3) is 0.643. The minimum absolute atomic E-state index is 0.0403. The number of nitrogens with zero attached hydrogens (tertiary/aromatic N) is 1. The van der Waals surface area contributed by atoms with Gasteiger partial charge in [-0.15, -0.1) is 0 Å². The first-order valence-electron chi connectivity index (χ1n) is 6.78. The Hall–Kier alpha value is -0.910. The zero-order valence-corrected chi connectivity index (χ0v) is 12.3. The first-order chi connectivity index (χ1) is 9.47. The van der Waals surface area contributed by atoms with E-state index in [1.54, 1.807) is 11.8 Å². The molecular weight excluding hydrogens is 285 g/mol. The minimum Gasteiger partial charge on any atom is -0.368 e. The molecule has 1 aliphatic carbocycles. The molecule has 0 saturated heterocycles. The Bertz CT molecular complexity index is 442. The van der Waals surface area contributed by atoms with E-state index in [1.165, 1.54) is 18.7 Å². The van der Waals surface area contributed by atoms with Crippen molar-refractivity contribution in [3.05, 3.63) is 23.9 Å². The zero-order valence-electron chi connectivity index (χ0n) is 11.5. The lowest BCUT2D eigenvalue weighted by atomic mass is 9.88. The second kappa shape index (κ2) is 6.24. The molecule has 1 aromatic heterocycles. The average Bonchev–Trinajstić information content (AvgIpc) is 2.45. The monoisotopic (exact) mass is 304 g/mol. The van der Waals surface area contributed by atoms with E-state index in [-0.39, 0.29) is 10.6 Å². The molecule has 2 rings (SSSR count). The summed E-state index contributed by atoms with van der Waals surface area (Å²) < 4.78 is 38.8. The Morgan fingerprint density at radius 3 is 2.60 bits per heavy atom. The van der Waals surface area contributed by atoms with Crippen molar-refractivity contribution in [1.29, 1.82) is 0 Å². The normalized spacial score (nSPS) is 18.8. The van der Waals surface area contributed by atoms with Gasteiger partial charge in [-0.1, -0.05) is 19.3 Å². The Kier molecular flexibility index (Phi) is 4.83. The third kappa shape index (κ3) is 3.59. The molecule has 0 spiro atoms. The molecule has 1 aromatic rings. The zero-order chi connectivity index (χ0) is 14.6. The Balaban J connectivity index is 2.10. The summed E-state index contributed by atoms with van der Waals surface area (Å²) in [6, 6.07) is 2.39. The van der Waals surface area contributed by atoms with Crippen molar-refractivity contribution < 1.29 is 13.2 Å². The van der Waals surface area contributed by atoms with Gasteiger partial charge in [0.1, 0.15) is 5.82 Å². The topological polar surface area (TPSA) is 24.9 Å². The summed E-state index contributed by atoms with van der Waals surface area (Å²) in [5, 5.41) is 2.93. The molecule has 6 heteroatoms. The van der Waals surface area contributed by atoms with Crippen LogP contribution in [-0.4, -0.2) is 22.5 Å². The van der Waals surface area contributed by atoms with Crippen LogP contribution in [0.5, 0.6) is 0 Å². The lowest BCUT2D eigenvalue weighted by Gasteiger charge is -2.36. The van der Waals surface area contributed by atoms with E-state index in [0.717, 1.165) is 31.7 Å². The Morgan fingerprint density at radius 1 is 1.30 bits per heavy atom. The molecule has 0 unspecified atom stereocenters. The summed E-state index contributed by atoms with van der Waals surface area (Å²) in [5.41, 5.74) is -0.688. The minimum atomic E-state index is -4.37. The molecule has 1 saturated carbocycles. The van der Waals surface area contributed by atoms with Crippen LogP contribution in [0.4, 0.5) is 19.0 Å². The number of thioether (sulfide) groups is 1. The van der Waals surface area contributed by atoms with E-state index in [2.05, 4.69) is 10.3 Å². The van der Waals surface area contributed by atoms with Crippen LogP contribution in [0.15, 0.2) is 18.3 Å². The molecular formula is C14H19F3N2S. The average molecular weight is 304 g/mol. The van der Waals surface area contributed by atoms with Gasteiger partial charge in [-0.05, 0) is 31.2 Å². The fourth-order valence-electron chi connectivity index (χ4n) is 2.67. The maximum Gasteiger partial charge on any atom is 0.419 e.